The highest BCUT2D eigenvalue weighted by molar-refractivity contribution is 5.92. The van der Waals surface area contributed by atoms with Crippen molar-refractivity contribution >= 4 is 22.7 Å². The van der Waals surface area contributed by atoms with Crippen LogP contribution in [-0.4, -0.2) is 74.4 Å². The standard InChI is InChI=1S/C31H45N7O2/c1-39-28-19-26-27(20-29(28)40-2)36-31(37-30(26)35-25-11-14-32-15-12-25)34-22-24-9-7-23(8-10-24)21-33-13-6-18-38-16-4-3-5-17-38/h7-10,19-20,25,32-33H,3-6,11-18,21-22H2,1-2H3,(H2,34,35,36,37). The molecule has 0 radical (unpaired) electrons. The third-order valence-electron chi connectivity index (χ3n) is 7.96. The molecule has 0 unspecified atom stereocenters. The Morgan fingerprint density at radius 2 is 1.60 bits per heavy atom. The molecule has 5 rings (SSSR count). The minimum Gasteiger partial charge on any atom is -0.493 e. The van der Waals surface area contributed by atoms with E-state index in [2.05, 4.69) is 50.4 Å². The van der Waals surface area contributed by atoms with E-state index in [0.717, 1.165) is 55.7 Å². The summed E-state index contributed by atoms with van der Waals surface area (Å²) in [7, 11) is 3.30. The lowest BCUT2D eigenvalue weighted by atomic mass is 10.1. The molecule has 40 heavy (non-hydrogen) atoms. The summed E-state index contributed by atoms with van der Waals surface area (Å²) in [5.74, 6) is 2.74. The second kappa shape index (κ2) is 14.5. The molecule has 0 saturated carbocycles. The van der Waals surface area contributed by atoms with Crippen molar-refractivity contribution in [3.8, 4) is 11.5 Å². The Kier molecular flexibility index (Phi) is 10.3. The number of nitrogens with zero attached hydrogens (tertiary/aromatic N) is 3. The predicted octanol–water partition coefficient (Wildman–Crippen LogP) is 4.39. The zero-order valence-corrected chi connectivity index (χ0v) is 24.1. The summed E-state index contributed by atoms with van der Waals surface area (Å²) in [5, 5.41) is 15.1. The topological polar surface area (TPSA) is 95.6 Å². The van der Waals surface area contributed by atoms with E-state index >= 15 is 0 Å². The van der Waals surface area contributed by atoms with Crippen LogP contribution in [0.4, 0.5) is 11.8 Å². The fourth-order valence-electron chi connectivity index (χ4n) is 5.60. The minimum absolute atomic E-state index is 0.367. The van der Waals surface area contributed by atoms with Gasteiger partial charge in [0.1, 0.15) is 5.82 Å². The van der Waals surface area contributed by atoms with E-state index in [1.165, 1.54) is 56.4 Å². The first-order chi connectivity index (χ1) is 19.7. The van der Waals surface area contributed by atoms with Gasteiger partial charge < -0.3 is 35.6 Å². The molecule has 3 heterocycles. The van der Waals surface area contributed by atoms with Gasteiger partial charge in [-0.25, -0.2) is 4.98 Å². The van der Waals surface area contributed by atoms with Crippen molar-refractivity contribution in [2.45, 2.75) is 57.7 Å². The first kappa shape index (κ1) is 28.4. The van der Waals surface area contributed by atoms with Crippen molar-refractivity contribution < 1.29 is 9.47 Å². The maximum Gasteiger partial charge on any atom is 0.225 e. The number of fused-ring (bicyclic) bond motifs is 1. The molecular weight excluding hydrogens is 502 g/mol. The Balaban J connectivity index is 1.19. The van der Waals surface area contributed by atoms with Crippen molar-refractivity contribution in [2.75, 3.05) is 64.1 Å². The van der Waals surface area contributed by atoms with Gasteiger partial charge in [0, 0.05) is 30.6 Å². The summed E-state index contributed by atoms with van der Waals surface area (Å²) in [6.45, 7) is 8.39. The van der Waals surface area contributed by atoms with Crippen LogP contribution in [0, 0.1) is 0 Å². The van der Waals surface area contributed by atoms with Gasteiger partial charge in [-0.05, 0) is 88.6 Å². The largest absolute Gasteiger partial charge is 0.493 e. The zero-order chi connectivity index (χ0) is 27.6. The van der Waals surface area contributed by atoms with E-state index in [9.17, 15) is 0 Å². The second-order valence-electron chi connectivity index (χ2n) is 10.9. The minimum atomic E-state index is 0.367. The number of nitrogens with one attached hydrogen (secondary N) is 4. The number of hydrogen-bond acceptors (Lipinski definition) is 9. The van der Waals surface area contributed by atoms with Gasteiger partial charge in [-0.1, -0.05) is 30.7 Å². The van der Waals surface area contributed by atoms with E-state index in [-0.39, 0.29) is 0 Å². The molecule has 9 nitrogen and oxygen atoms in total. The van der Waals surface area contributed by atoms with Crippen molar-refractivity contribution in [3.05, 3.63) is 47.5 Å². The third kappa shape index (κ3) is 7.74. The summed E-state index contributed by atoms with van der Waals surface area (Å²) in [5.41, 5.74) is 3.31. The number of benzene rings is 2. The summed E-state index contributed by atoms with van der Waals surface area (Å²) < 4.78 is 11.1. The van der Waals surface area contributed by atoms with Crippen LogP contribution in [-0.2, 0) is 13.1 Å². The van der Waals surface area contributed by atoms with Crippen LogP contribution in [0.15, 0.2) is 36.4 Å². The van der Waals surface area contributed by atoms with Crippen LogP contribution in [0.3, 0.4) is 0 Å². The van der Waals surface area contributed by atoms with E-state index in [0.29, 0.717) is 30.0 Å². The van der Waals surface area contributed by atoms with Crippen molar-refractivity contribution in [2.24, 2.45) is 0 Å². The maximum atomic E-state index is 5.56. The van der Waals surface area contributed by atoms with Gasteiger partial charge in [0.15, 0.2) is 11.5 Å². The second-order valence-corrected chi connectivity index (χ2v) is 10.9. The Morgan fingerprint density at radius 1 is 0.900 bits per heavy atom. The molecule has 2 saturated heterocycles. The number of likely N-dealkylation sites (tertiary alicyclic amines) is 1. The Hall–Kier alpha value is -3.14. The lowest BCUT2D eigenvalue weighted by molar-refractivity contribution is 0.225. The molecule has 0 spiro atoms. The average molecular weight is 548 g/mol. The van der Waals surface area contributed by atoms with Crippen LogP contribution in [0.2, 0.25) is 0 Å². The van der Waals surface area contributed by atoms with Crippen LogP contribution in [0.1, 0.15) is 49.7 Å². The van der Waals surface area contributed by atoms with Gasteiger partial charge in [0.25, 0.3) is 0 Å². The van der Waals surface area contributed by atoms with Crippen molar-refractivity contribution in [3.63, 3.8) is 0 Å². The fourth-order valence-corrected chi connectivity index (χ4v) is 5.60. The number of piperidine rings is 2. The number of methoxy groups -OCH3 is 2. The molecule has 2 fully saturated rings. The number of ether oxygens (including phenoxy) is 2. The first-order valence-corrected chi connectivity index (χ1v) is 14.9. The van der Waals surface area contributed by atoms with E-state index < -0.39 is 0 Å². The molecule has 0 aliphatic carbocycles. The predicted molar refractivity (Wildman–Crippen MR) is 163 cm³/mol. The molecule has 1 aromatic heterocycles. The zero-order valence-electron chi connectivity index (χ0n) is 24.1. The molecule has 0 amide bonds. The molecule has 3 aromatic rings. The fraction of sp³-hybridized carbons (Fsp3) is 0.548. The quantitative estimate of drug-likeness (QED) is 0.232. The molecule has 9 heteroatoms. The Bertz CT molecular complexity index is 1210. The highest BCUT2D eigenvalue weighted by Gasteiger charge is 2.18. The average Bonchev–Trinajstić information content (AvgIpc) is 3.01. The highest BCUT2D eigenvalue weighted by Crippen LogP contribution is 2.35. The molecule has 0 atom stereocenters. The lowest BCUT2D eigenvalue weighted by Gasteiger charge is -2.26. The molecule has 4 N–H and O–H groups in total. The molecule has 0 bridgehead atoms. The van der Waals surface area contributed by atoms with Crippen LogP contribution in [0.25, 0.3) is 10.9 Å². The number of hydrogen-bond donors (Lipinski definition) is 4. The first-order valence-electron chi connectivity index (χ1n) is 14.9. The normalized spacial score (nSPS) is 16.6. The SMILES string of the molecule is COc1cc2nc(NCc3ccc(CNCCCN4CCCCC4)cc3)nc(NC3CCNCC3)c2cc1OC. The number of anilines is 2. The summed E-state index contributed by atoms with van der Waals surface area (Å²) in [4.78, 5) is 12.3. The summed E-state index contributed by atoms with van der Waals surface area (Å²) >= 11 is 0. The van der Waals surface area contributed by atoms with Gasteiger partial charge in [-0.15, -0.1) is 0 Å². The highest BCUT2D eigenvalue weighted by atomic mass is 16.5. The third-order valence-corrected chi connectivity index (χ3v) is 7.96. The molecule has 216 valence electrons. The molecule has 2 aliphatic rings. The van der Waals surface area contributed by atoms with Crippen LogP contribution >= 0.6 is 0 Å². The molecular formula is C31H45N7O2. The maximum absolute atomic E-state index is 5.56. The summed E-state index contributed by atoms with van der Waals surface area (Å²) in [6.07, 6.45) is 7.45. The van der Waals surface area contributed by atoms with E-state index in [1.54, 1.807) is 14.2 Å². The molecule has 2 aromatic carbocycles. The van der Waals surface area contributed by atoms with Gasteiger partial charge in [0.2, 0.25) is 5.95 Å². The molecule has 2 aliphatic heterocycles. The van der Waals surface area contributed by atoms with Gasteiger partial charge in [-0.2, -0.15) is 4.98 Å². The smallest absolute Gasteiger partial charge is 0.225 e. The Morgan fingerprint density at radius 3 is 2.33 bits per heavy atom. The number of aromatic nitrogens is 2. The van der Waals surface area contributed by atoms with Gasteiger partial charge in [0.05, 0.1) is 19.7 Å². The summed E-state index contributed by atoms with van der Waals surface area (Å²) in [6, 6.07) is 13.0. The van der Waals surface area contributed by atoms with E-state index in [4.69, 9.17) is 19.4 Å². The lowest BCUT2D eigenvalue weighted by Crippen LogP contribution is -2.35. The number of rotatable bonds is 13. The van der Waals surface area contributed by atoms with Gasteiger partial charge in [-0.3, -0.25) is 0 Å². The van der Waals surface area contributed by atoms with E-state index in [1.807, 2.05) is 12.1 Å². The monoisotopic (exact) mass is 547 g/mol. The van der Waals surface area contributed by atoms with Gasteiger partial charge >= 0.3 is 0 Å². The Labute approximate surface area is 238 Å². The van der Waals surface area contributed by atoms with Crippen molar-refractivity contribution in [1.82, 2.24) is 25.5 Å². The van der Waals surface area contributed by atoms with Crippen molar-refractivity contribution in [1.29, 1.82) is 0 Å². The van der Waals surface area contributed by atoms with Crippen LogP contribution < -0.4 is 30.7 Å². The van der Waals surface area contributed by atoms with Crippen LogP contribution in [0.5, 0.6) is 11.5 Å².